The predicted molar refractivity (Wildman–Crippen MR) is 84.1 cm³/mol. The number of ether oxygens (including phenoxy) is 1. The molecule has 1 amide bonds. The zero-order valence-corrected chi connectivity index (χ0v) is 13.5. The molecular formula is C16H23ClN2O2. The molecule has 21 heavy (non-hydrogen) atoms. The van der Waals surface area contributed by atoms with E-state index in [1.54, 1.807) is 0 Å². The number of carbonyl (C=O) groups excluding carboxylic acids is 1. The second kappa shape index (κ2) is 6.77. The van der Waals surface area contributed by atoms with Gasteiger partial charge in [-0.2, -0.15) is 0 Å². The molecule has 0 saturated carbocycles. The molecule has 0 aliphatic carbocycles. The van der Waals surface area contributed by atoms with Crippen molar-refractivity contribution >= 4 is 17.5 Å². The summed E-state index contributed by atoms with van der Waals surface area (Å²) in [5.41, 5.74) is 6.79. The van der Waals surface area contributed by atoms with E-state index in [1.165, 1.54) is 0 Å². The van der Waals surface area contributed by atoms with Gasteiger partial charge in [0.15, 0.2) is 0 Å². The maximum absolute atomic E-state index is 12.6. The third kappa shape index (κ3) is 3.57. The average Bonchev–Trinajstić information content (AvgIpc) is 2.47. The van der Waals surface area contributed by atoms with E-state index in [0.717, 1.165) is 5.56 Å². The van der Waals surface area contributed by atoms with Gasteiger partial charge in [-0.3, -0.25) is 4.79 Å². The topological polar surface area (TPSA) is 55.6 Å². The first kappa shape index (κ1) is 16.3. The van der Waals surface area contributed by atoms with Crippen LogP contribution in [0.2, 0.25) is 5.02 Å². The molecule has 0 spiro atoms. The van der Waals surface area contributed by atoms with E-state index in [0.29, 0.717) is 18.2 Å². The van der Waals surface area contributed by atoms with Gasteiger partial charge in [-0.1, -0.05) is 36.7 Å². The third-order valence-electron chi connectivity index (χ3n) is 4.15. The van der Waals surface area contributed by atoms with Crippen LogP contribution < -0.4 is 5.73 Å². The minimum Gasteiger partial charge on any atom is -0.369 e. The Morgan fingerprint density at radius 1 is 1.43 bits per heavy atom. The van der Waals surface area contributed by atoms with Gasteiger partial charge in [-0.05, 0) is 19.9 Å². The summed E-state index contributed by atoms with van der Waals surface area (Å²) < 4.78 is 5.87. The number of benzene rings is 1. The van der Waals surface area contributed by atoms with Gasteiger partial charge in [-0.15, -0.1) is 0 Å². The molecule has 116 valence electrons. The fraction of sp³-hybridized carbons (Fsp3) is 0.562. The lowest BCUT2D eigenvalue weighted by molar-refractivity contribution is -0.148. The van der Waals surface area contributed by atoms with Crippen LogP contribution >= 0.6 is 11.6 Å². The summed E-state index contributed by atoms with van der Waals surface area (Å²) in [5.74, 6) is -0.115. The van der Waals surface area contributed by atoms with Crippen molar-refractivity contribution in [1.29, 1.82) is 0 Å². The summed E-state index contributed by atoms with van der Waals surface area (Å²) in [6.45, 7) is 6.75. The molecule has 1 aliphatic heterocycles. The van der Waals surface area contributed by atoms with E-state index in [4.69, 9.17) is 22.1 Å². The number of morpholine rings is 1. The van der Waals surface area contributed by atoms with Crippen LogP contribution in [0.5, 0.6) is 0 Å². The quantitative estimate of drug-likeness (QED) is 0.933. The molecular weight excluding hydrogens is 288 g/mol. The number of nitrogens with zero attached hydrogens (tertiary/aromatic N) is 1. The Bertz CT molecular complexity index is 507. The van der Waals surface area contributed by atoms with E-state index in [1.807, 2.05) is 49.9 Å². The molecule has 2 N–H and O–H groups in total. The molecule has 1 saturated heterocycles. The lowest BCUT2D eigenvalue weighted by Crippen LogP contribution is -2.52. The first-order chi connectivity index (χ1) is 9.91. The third-order valence-corrected chi connectivity index (χ3v) is 4.49. The predicted octanol–water partition coefficient (Wildman–Crippen LogP) is 2.61. The lowest BCUT2D eigenvalue weighted by Gasteiger charge is -2.40. The molecule has 0 bridgehead atoms. The first-order valence-electron chi connectivity index (χ1n) is 7.34. The Morgan fingerprint density at radius 3 is 2.71 bits per heavy atom. The Kier molecular flexibility index (Phi) is 5.25. The average molecular weight is 311 g/mol. The van der Waals surface area contributed by atoms with Crippen LogP contribution in [-0.4, -0.2) is 36.0 Å². The number of hydrogen-bond acceptors (Lipinski definition) is 3. The van der Waals surface area contributed by atoms with Gasteiger partial charge in [0.1, 0.15) is 6.10 Å². The zero-order valence-electron chi connectivity index (χ0n) is 12.8. The van der Waals surface area contributed by atoms with Crippen LogP contribution in [0, 0.1) is 5.92 Å². The first-order valence-corrected chi connectivity index (χ1v) is 7.71. The smallest absolute Gasteiger partial charge is 0.227 e. The van der Waals surface area contributed by atoms with Crippen molar-refractivity contribution in [3.05, 3.63) is 34.9 Å². The molecule has 1 aromatic carbocycles. The molecule has 0 radical (unpaired) electrons. The maximum Gasteiger partial charge on any atom is 0.227 e. The highest BCUT2D eigenvalue weighted by molar-refractivity contribution is 6.31. The SMILES string of the molecule is CC(N)C(C)C(=O)N1CC(c2ccccc2Cl)OCC1C. The molecule has 1 aromatic rings. The second-order valence-corrected chi connectivity index (χ2v) is 6.24. The largest absolute Gasteiger partial charge is 0.369 e. The van der Waals surface area contributed by atoms with Crippen molar-refractivity contribution in [3.8, 4) is 0 Å². The Hall–Kier alpha value is -1.10. The summed E-state index contributed by atoms with van der Waals surface area (Å²) in [6.07, 6.45) is -0.181. The van der Waals surface area contributed by atoms with Gasteiger partial charge in [0.05, 0.1) is 25.1 Å². The number of amides is 1. The molecule has 1 heterocycles. The van der Waals surface area contributed by atoms with Crippen LogP contribution in [0.3, 0.4) is 0 Å². The van der Waals surface area contributed by atoms with E-state index >= 15 is 0 Å². The zero-order chi connectivity index (χ0) is 15.6. The molecule has 2 rings (SSSR count). The summed E-state index contributed by atoms with van der Waals surface area (Å²) >= 11 is 6.23. The molecule has 4 atom stereocenters. The summed E-state index contributed by atoms with van der Waals surface area (Å²) in [5, 5.41) is 0.671. The highest BCUT2D eigenvalue weighted by atomic mass is 35.5. The van der Waals surface area contributed by atoms with Crippen LogP contribution in [0.1, 0.15) is 32.4 Å². The fourth-order valence-corrected chi connectivity index (χ4v) is 2.73. The van der Waals surface area contributed by atoms with Crippen molar-refractivity contribution in [2.24, 2.45) is 11.7 Å². The monoisotopic (exact) mass is 310 g/mol. The van der Waals surface area contributed by atoms with Gasteiger partial charge < -0.3 is 15.4 Å². The summed E-state index contributed by atoms with van der Waals surface area (Å²) in [6, 6.07) is 7.50. The number of nitrogens with two attached hydrogens (primary N) is 1. The highest BCUT2D eigenvalue weighted by Gasteiger charge is 2.34. The lowest BCUT2D eigenvalue weighted by atomic mass is 9.99. The maximum atomic E-state index is 12.6. The van der Waals surface area contributed by atoms with Crippen LogP contribution in [0.25, 0.3) is 0 Å². The molecule has 1 aliphatic rings. The van der Waals surface area contributed by atoms with Crippen LogP contribution in [-0.2, 0) is 9.53 Å². The number of carbonyl (C=O) groups is 1. The van der Waals surface area contributed by atoms with Gasteiger partial charge in [0.2, 0.25) is 5.91 Å². The van der Waals surface area contributed by atoms with Crippen molar-refractivity contribution in [1.82, 2.24) is 4.90 Å². The van der Waals surface area contributed by atoms with Gasteiger partial charge in [0.25, 0.3) is 0 Å². The van der Waals surface area contributed by atoms with Crippen LogP contribution in [0.15, 0.2) is 24.3 Å². The Morgan fingerprint density at radius 2 is 2.10 bits per heavy atom. The number of halogens is 1. The summed E-state index contributed by atoms with van der Waals surface area (Å²) in [7, 11) is 0. The fourth-order valence-electron chi connectivity index (χ4n) is 2.47. The minimum absolute atomic E-state index is 0.0532. The van der Waals surface area contributed by atoms with Gasteiger partial charge >= 0.3 is 0 Å². The van der Waals surface area contributed by atoms with E-state index < -0.39 is 0 Å². The van der Waals surface area contributed by atoms with Crippen molar-refractivity contribution in [2.45, 2.75) is 39.0 Å². The second-order valence-electron chi connectivity index (χ2n) is 5.83. The molecule has 1 fully saturated rings. The Balaban J connectivity index is 2.16. The number of hydrogen-bond donors (Lipinski definition) is 1. The Labute approximate surface area is 131 Å². The minimum atomic E-state index is -0.197. The van der Waals surface area contributed by atoms with E-state index in [2.05, 4.69) is 0 Å². The summed E-state index contributed by atoms with van der Waals surface area (Å²) in [4.78, 5) is 14.4. The van der Waals surface area contributed by atoms with Crippen molar-refractivity contribution in [2.75, 3.05) is 13.2 Å². The van der Waals surface area contributed by atoms with Crippen LogP contribution in [0.4, 0.5) is 0 Å². The molecule has 5 heteroatoms. The van der Waals surface area contributed by atoms with Crippen molar-refractivity contribution < 1.29 is 9.53 Å². The van der Waals surface area contributed by atoms with Crippen molar-refractivity contribution in [3.63, 3.8) is 0 Å². The standard InChI is InChI=1S/C16H23ClN2O2/c1-10-9-21-15(13-6-4-5-7-14(13)17)8-19(10)16(20)11(2)12(3)18/h4-7,10-12,15H,8-9,18H2,1-3H3. The van der Waals surface area contributed by atoms with Gasteiger partial charge in [0, 0.05) is 16.6 Å². The van der Waals surface area contributed by atoms with Gasteiger partial charge in [-0.25, -0.2) is 0 Å². The van der Waals surface area contributed by atoms with E-state index in [9.17, 15) is 4.79 Å². The number of rotatable bonds is 3. The normalized spacial score (nSPS) is 25.5. The molecule has 0 aromatic heterocycles. The highest BCUT2D eigenvalue weighted by Crippen LogP contribution is 2.30. The molecule has 4 nitrogen and oxygen atoms in total. The molecule has 4 unspecified atom stereocenters. The van der Waals surface area contributed by atoms with E-state index in [-0.39, 0.29) is 30.0 Å².